The van der Waals surface area contributed by atoms with Gasteiger partial charge in [0, 0.05) is 114 Å². The average Bonchev–Trinajstić information content (AvgIpc) is 0. The molecule has 0 aromatic heterocycles. The van der Waals surface area contributed by atoms with Crippen LogP contribution in [0.2, 0.25) is 0 Å². The van der Waals surface area contributed by atoms with Crippen LogP contribution in [0.4, 0.5) is 0 Å². The first-order chi connectivity index (χ1) is 0. The second kappa shape index (κ2) is 25.1. The summed E-state index contributed by atoms with van der Waals surface area (Å²) >= 11 is 0. The fourth-order valence-corrected chi connectivity index (χ4v) is 0. The molecule has 20 valence electrons. The predicted octanol–water partition coefficient (Wildman–Crippen LogP) is -0.391. The van der Waals surface area contributed by atoms with Crippen molar-refractivity contribution in [2.75, 3.05) is 0 Å². The van der Waals surface area contributed by atoms with Gasteiger partial charge in [-0.3, -0.25) is 0 Å². The monoisotopic (exact) mass is 526 g/mol. The second-order valence-corrected chi connectivity index (χ2v) is 0. The molecular weight excluding hydrogens is 526 g/mol. The Kier molecular flexibility index (Phi) is 188. The summed E-state index contributed by atoms with van der Waals surface area (Å²) < 4.78 is 0. The van der Waals surface area contributed by atoms with Crippen molar-refractivity contribution < 1.29 is 96.1 Å². The molecule has 0 atom stereocenters. The van der Waals surface area contributed by atoms with Gasteiger partial charge in [0.15, 0.2) is 0 Å². The summed E-state index contributed by atoms with van der Waals surface area (Å²) in [5.41, 5.74) is 0. The second-order valence-electron chi connectivity index (χ2n) is 0. The molecule has 0 bridgehead atoms. The normalized spacial score (nSPS) is 0. The van der Waals surface area contributed by atoms with E-state index in [9.17, 15) is 0 Å². The minimum absolute atomic E-state index is 0. The Hall–Kier alpha value is 3.74. The zero-order chi connectivity index (χ0) is 0. The van der Waals surface area contributed by atoms with Gasteiger partial charge in [-0.15, -0.1) is 0 Å². The van der Waals surface area contributed by atoms with Gasteiger partial charge in [-0.1, -0.05) is 0 Å². The van der Waals surface area contributed by atoms with Crippen molar-refractivity contribution >= 4 is 17.4 Å². The predicted molar refractivity (Wildman–Crippen MR) is 5.75 cm³/mol. The van der Waals surface area contributed by atoms with E-state index < -0.39 is 0 Å². The van der Waals surface area contributed by atoms with Gasteiger partial charge in [0.1, 0.15) is 0 Å². The van der Waals surface area contributed by atoms with E-state index in [2.05, 4.69) is 0 Å². The molecule has 0 aromatic carbocycles. The van der Waals surface area contributed by atoms with E-state index in [0.29, 0.717) is 0 Å². The van der Waals surface area contributed by atoms with Crippen molar-refractivity contribution in [1.82, 2.24) is 0 Å². The average molecular weight is 526 g/mol. The van der Waals surface area contributed by atoms with Crippen LogP contribution in [-0.4, -0.2) is 17.4 Å². The van der Waals surface area contributed by atoms with Crippen LogP contribution in [0.5, 0.6) is 0 Å². The van der Waals surface area contributed by atoms with Gasteiger partial charge in [0.25, 0.3) is 0 Å². The van der Waals surface area contributed by atoms with E-state index in [-0.39, 0.29) is 114 Å². The summed E-state index contributed by atoms with van der Waals surface area (Å²) in [6, 6.07) is 0. The van der Waals surface area contributed by atoms with Crippen molar-refractivity contribution in [3.63, 3.8) is 0 Å². The minimum Gasteiger partial charge on any atom is 0 e. The van der Waals surface area contributed by atoms with Crippen molar-refractivity contribution in [3.8, 4) is 0 Å². The minimum atomic E-state index is 0. The third kappa shape index (κ3) is 18.2. The largest absolute Gasteiger partial charge is 0 e. The quantitative estimate of drug-likeness (QED) is 0.378. The van der Waals surface area contributed by atoms with E-state index in [0.717, 1.165) is 0 Å². The first kappa shape index (κ1) is 37.4. The third-order valence-corrected chi connectivity index (χ3v) is 0. The SMILES string of the molecule is [Al].[Hf].[Ta].[Ti].[Zr]. The standard InChI is InChI=1S/Al.Hf.Ta.Ti.Zr. The molecule has 0 rings (SSSR count). The molecule has 0 aliphatic rings. The van der Waals surface area contributed by atoms with Gasteiger partial charge < -0.3 is 0 Å². The molecule has 0 spiro atoms. The molecule has 4 radical (unpaired) electrons. The number of hydrogen-bond donors (Lipinski definition) is 0. The molecule has 5 heteroatoms. The molecule has 0 fully saturated rings. The molecule has 0 aromatic rings. The van der Waals surface area contributed by atoms with Gasteiger partial charge in [0.2, 0.25) is 0 Å². The third-order valence-electron chi connectivity index (χ3n) is 0. The molecule has 0 amide bonds. The maximum Gasteiger partial charge on any atom is 0 e. The van der Waals surface area contributed by atoms with Crippen LogP contribution in [0.1, 0.15) is 0 Å². The Morgan fingerprint density at radius 3 is 1.00 bits per heavy atom. The zero-order valence-electron chi connectivity index (χ0n) is 2.52. The Morgan fingerprint density at radius 2 is 1.00 bits per heavy atom. The summed E-state index contributed by atoms with van der Waals surface area (Å²) in [7, 11) is 0. The maximum absolute atomic E-state index is 0. The van der Waals surface area contributed by atoms with Gasteiger partial charge in [-0.2, -0.15) is 0 Å². The van der Waals surface area contributed by atoms with Crippen LogP contribution >= 0.6 is 0 Å². The topological polar surface area (TPSA) is 0 Å². The van der Waals surface area contributed by atoms with Crippen LogP contribution in [0.3, 0.4) is 0 Å². The molecule has 0 saturated heterocycles. The van der Waals surface area contributed by atoms with Crippen LogP contribution in [0, 0.1) is 0 Å². The molecule has 0 aliphatic heterocycles. The first-order valence-electron chi connectivity index (χ1n) is 0. The Balaban J connectivity index is 0. The molecule has 0 saturated carbocycles. The molecule has 0 heterocycles. The maximum atomic E-state index is 0. The van der Waals surface area contributed by atoms with Crippen molar-refractivity contribution in [2.24, 2.45) is 0 Å². The number of rotatable bonds is 0. The fourth-order valence-electron chi connectivity index (χ4n) is 0. The molecule has 0 nitrogen and oxygen atoms in total. The van der Waals surface area contributed by atoms with Crippen molar-refractivity contribution in [2.45, 2.75) is 0 Å². The van der Waals surface area contributed by atoms with E-state index in [1.165, 1.54) is 0 Å². The van der Waals surface area contributed by atoms with E-state index >= 15 is 0 Å². The van der Waals surface area contributed by atoms with E-state index in [4.69, 9.17) is 0 Å². The summed E-state index contributed by atoms with van der Waals surface area (Å²) in [5.74, 6) is 0. The molecule has 0 unspecified atom stereocenters. The number of hydrogen-bond acceptors (Lipinski definition) is 0. The molecule has 0 N–H and O–H groups in total. The van der Waals surface area contributed by atoms with Crippen LogP contribution in [0.25, 0.3) is 0 Å². The van der Waals surface area contributed by atoms with Crippen LogP contribution < -0.4 is 0 Å². The smallest absolute Gasteiger partial charge is 0 e. The van der Waals surface area contributed by atoms with E-state index in [1.807, 2.05) is 0 Å². The van der Waals surface area contributed by atoms with Gasteiger partial charge in [-0.25, -0.2) is 0 Å². The Labute approximate surface area is 111 Å². The van der Waals surface area contributed by atoms with E-state index in [1.54, 1.807) is 0 Å². The van der Waals surface area contributed by atoms with Crippen LogP contribution in [-0.2, 0) is 96.1 Å². The summed E-state index contributed by atoms with van der Waals surface area (Å²) in [4.78, 5) is 0. The van der Waals surface area contributed by atoms with Crippen molar-refractivity contribution in [3.05, 3.63) is 0 Å². The first-order valence-corrected chi connectivity index (χ1v) is 0. The molecule has 0 aliphatic carbocycles. The Bertz CT molecular complexity index is 11.6. The summed E-state index contributed by atoms with van der Waals surface area (Å²) in [6.07, 6.45) is 0. The molecular formula is AlHfTaTiZr. The van der Waals surface area contributed by atoms with Crippen LogP contribution in [0.15, 0.2) is 0 Å². The summed E-state index contributed by atoms with van der Waals surface area (Å²) in [6.45, 7) is 0. The Morgan fingerprint density at radius 1 is 1.00 bits per heavy atom. The fraction of sp³-hybridized carbons (Fsp3) is 0. The molecule has 5 heavy (non-hydrogen) atoms. The zero-order valence-corrected chi connectivity index (χ0v) is 14.5. The van der Waals surface area contributed by atoms with Crippen molar-refractivity contribution in [1.29, 1.82) is 0 Å². The van der Waals surface area contributed by atoms with Gasteiger partial charge >= 0.3 is 0 Å². The van der Waals surface area contributed by atoms with Gasteiger partial charge in [0.05, 0.1) is 0 Å². The summed E-state index contributed by atoms with van der Waals surface area (Å²) in [5, 5.41) is 0. The van der Waals surface area contributed by atoms with Gasteiger partial charge in [-0.05, 0) is 0 Å².